The quantitative estimate of drug-likeness (QED) is 0.509. The molecule has 2 aliphatic rings. The molecule has 176 valence electrons. The Kier molecular flexibility index (Phi) is 8.42. The molecule has 2 saturated heterocycles. The summed E-state index contributed by atoms with van der Waals surface area (Å²) in [5, 5.41) is 7.09. The van der Waals surface area contributed by atoms with Crippen LogP contribution in [0.15, 0.2) is 5.16 Å². The third-order valence-electron chi connectivity index (χ3n) is 5.72. The van der Waals surface area contributed by atoms with E-state index in [4.69, 9.17) is 16.3 Å². The summed E-state index contributed by atoms with van der Waals surface area (Å²) in [7, 11) is -1.34. The lowest BCUT2D eigenvalue weighted by atomic mass is 10.1. The number of nitrogens with zero attached hydrogens (tertiary/aromatic N) is 6. The lowest BCUT2D eigenvalue weighted by Crippen LogP contribution is -2.39. The van der Waals surface area contributed by atoms with E-state index in [1.165, 1.54) is 19.3 Å². The van der Waals surface area contributed by atoms with Gasteiger partial charge in [-0.2, -0.15) is 4.98 Å². The van der Waals surface area contributed by atoms with E-state index in [-0.39, 0.29) is 10.3 Å². The molecule has 4 heterocycles. The zero-order valence-corrected chi connectivity index (χ0v) is 20.1. The molecule has 0 amide bonds. The van der Waals surface area contributed by atoms with Crippen LogP contribution in [0.25, 0.3) is 11.2 Å². The van der Waals surface area contributed by atoms with Gasteiger partial charge in [0.2, 0.25) is 5.16 Å². The summed E-state index contributed by atoms with van der Waals surface area (Å²) in [6, 6.07) is 0. The Bertz CT molecular complexity index is 937. The van der Waals surface area contributed by atoms with E-state index in [2.05, 4.69) is 40.4 Å². The molecule has 0 bridgehead atoms. The minimum absolute atomic E-state index is 0.230. The average Bonchev–Trinajstić information content (AvgIpc) is 2.81. The molecule has 0 spiro atoms. The van der Waals surface area contributed by atoms with Crippen molar-refractivity contribution in [2.24, 2.45) is 0 Å². The lowest BCUT2D eigenvalue weighted by molar-refractivity contribution is 0.0398. The van der Waals surface area contributed by atoms with Gasteiger partial charge in [0, 0.05) is 45.5 Å². The molecular weight excluding hydrogens is 452 g/mol. The number of aromatic nitrogens is 4. The number of rotatable bonds is 9. The normalized spacial score (nSPS) is 19.2. The van der Waals surface area contributed by atoms with Gasteiger partial charge in [-0.1, -0.05) is 18.0 Å². The fraction of sp³-hybridized carbons (Fsp3) is 0.700. The second-order valence-electron chi connectivity index (χ2n) is 8.05. The van der Waals surface area contributed by atoms with Gasteiger partial charge in [0.05, 0.1) is 24.0 Å². The van der Waals surface area contributed by atoms with Gasteiger partial charge in [-0.3, -0.25) is 9.11 Å². The van der Waals surface area contributed by atoms with Gasteiger partial charge in [0.25, 0.3) is 0 Å². The van der Waals surface area contributed by atoms with Crippen molar-refractivity contribution in [1.82, 2.24) is 29.7 Å². The highest BCUT2D eigenvalue weighted by molar-refractivity contribution is 7.84. The summed E-state index contributed by atoms with van der Waals surface area (Å²) in [6.45, 7) is 8.78. The molecule has 2 aromatic rings. The minimum Gasteiger partial charge on any atom is -0.379 e. The van der Waals surface area contributed by atoms with Crippen molar-refractivity contribution in [3.8, 4) is 0 Å². The molecule has 4 rings (SSSR count). The van der Waals surface area contributed by atoms with Crippen LogP contribution in [0.1, 0.15) is 19.3 Å². The van der Waals surface area contributed by atoms with Crippen LogP contribution < -0.4 is 10.6 Å². The first-order valence-corrected chi connectivity index (χ1v) is 13.1. The van der Waals surface area contributed by atoms with Crippen LogP contribution in [-0.4, -0.2) is 106 Å². The standard InChI is InChI=1S/C20H31ClN8O2S/c1-32(30)20-26-17(22-5-9-28-7-3-2-4-8-28)15-18(27-20)25-19(16(21)24-15)23-6-10-29-11-13-31-14-12-29/h2-14H2,1H3,(H2,22,23,25,26,27). The number of morpholine rings is 1. The molecule has 0 aliphatic carbocycles. The van der Waals surface area contributed by atoms with Crippen molar-refractivity contribution in [2.45, 2.75) is 24.4 Å². The minimum atomic E-state index is -1.34. The number of likely N-dealkylation sites (tertiary alicyclic amines) is 1. The van der Waals surface area contributed by atoms with Crippen LogP contribution in [-0.2, 0) is 15.5 Å². The maximum absolute atomic E-state index is 12.1. The lowest BCUT2D eigenvalue weighted by Gasteiger charge is -2.26. The Morgan fingerprint density at radius 2 is 1.56 bits per heavy atom. The van der Waals surface area contributed by atoms with E-state index in [0.29, 0.717) is 35.9 Å². The van der Waals surface area contributed by atoms with Gasteiger partial charge in [-0.05, 0) is 25.9 Å². The van der Waals surface area contributed by atoms with Crippen LogP contribution in [0.2, 0.25) is 5.15 Å². The Balaban J connectivity index is 1.47. The smallest absolute Gasteiger partial charge is 0.222 e. The number of halogens is 1. The number of ether oxygens (including phenoxy) is 1. The maximum atomic E-state index is 12.1. The van der Waals surface area contributed by atoms with E-state index in [1.807, 2.05) is 0 Å². The highest BCUT2D eigenvalue weighted by Crippen LogP contribution is 2.25. The van der Waals surface area contributed by atoms with Crippen molar-refractivity contribution < 1.29 is 8.95 Å². The Labute approximate surface area is 195 Å². The van der Waals surface area contributed by atoms with Crippen LogP contribution in [0, 0.1) is 0 Å². The van der Waals surface area contributed by atoms with Crippen molar-refractivity contribution in [1.29, 1.82) is 0 Å². The molecule has 2 fully saturated rings. The summed E-state index contributed by atoms with van der Waals surface area (Å²) in [5.41, 5.74) is 0.866. The largest absolute Gasteiger partial charge is 0.379 e. The monoisotopic (exact) mass is 482 g/mol. The second-order valence-corrected chi connectivity index (χ2v) is 9.69. The zero-order chi connectivity index (χ0) is 22.3. The molecule has 0 radical (unpaired) electrons. The van der Waals surface area contributed by atoms with Crippen LogP contribution in [0.5, 0.6) is 0 Å². The van der Waals surface area contributed by atoms with Crippen LogP contribution >= 0.6 is 11.6 Å². The van der Waals surface area contributed by atoms with E-state index >= 15 is 0 Å². The molecule has 1 atom stereocenters. The molecular formula is C20H31ClN8O2S. The Hall–Kier alpha value is -1.66. The van der Waals surface area contributed by atoms with E-state index in [1.54, 1.807) is 6.26 Å². The molecule has 0 aromatic carbocycles. The number of hydrogen-bond donors (Lipinski definition) is 2. The summed E-state index contributed by atoms with van der Waals surface area (Å²) < 4.78 is 17.5. The number of piperidine rings is 1. The van der Waals surface area contributed by atoms with E-state index in [9.17, 15) is 4.21 Å². The Morgan fingerprint density at radius 3 is 2.25 bits per heavy atom. The predicted octanol–water partition coefficient (Wildman–Crippen LogP) is 1.45. The predicted molar refractivity (Wildman–Crippen MR) is 127 cm³/mol. The molecule has 2 aromatic heterocycles. The first kappa shape index (κ1) is 23.5. The third kappa shape index (κ3) is 6.22. The Morgan fingerprint density at radius 1 is 0.906 bits per heavy atom. The number of nitrogens with one attached hydrogen (secondary N) is 2. The first-order chi connectivity index (χ1) is 15.6. The second kappa shape index (κ2) is 11.5. The molecule has 2 N–H and O–H groups in total. The molecule has 32 heavy (non-hydrogen) atoms. The first-order valence-electron chi connectivity index (χ1n) is 11.2. The van der Waals surface area contributed by atoms with Gasteiger partial charge in [-0.25, -0.2) is 15.0 Å². The van der Waals surface area contributed by atoms with Crippen LogP contribution in [0.3, 0.4) is 0 Å². The van der Waals surface area contributed by atoms with Gasteiger partial charge in [0.1, 0.15) is 0 Å². The fourth-order valence-corrected chi connectivity index (χ4v) is 4.57. The number of anilines is 2. The van der Waals surface area contributed by atoms with Crippen molar-refractivity contribution in [3.63, 3.8) is 0 Å². The van der Waals surface area contributed by atoms with Gasteiger partial charge in [-0.15, -0.1) is 0 Å². The molecule has 2 aliphatic heterocycles. The summed E-state index contributed by atoms with van der Waals surface area (Å²) in [4.78, 5) is 22.7. The number of hydrogen-bond acceptors (Lipinski definition) is 10. The summed E-state index contributed by atoms with van der Waals surface area (Å²) in [5.74, 6) is 0.990. The molecule has 10 nitrogen and oxygen atoms in total. The number of fused-ring (bicyclic) bond motifs is 1. The molecule has 0 saturated carbocycles. The zero-order valence-electron chi connectivity index (χ0n) is 18.5. The maximum Gasteiger partial charge on any atom is 0.222 e. The summed E-state index contributed by atoms with van der Waals surface area (Å²) >= 11 is 6.43. The SMILES string of the molecule is CS(=O)c1nc(NCCN2CCCCC2)c2nc(Cl)c(NCCN3CCOCC3)nc2n1. The fourth-order valence-electron chi connectivity index (χ4n) is 3.94. The van der Waals surface area contributed by atoms with Crippen molar-refractivity contribution in [2.75, 3.05) is 82.5 Å². The van der Waals surface area contributed by atoms with E-state index in [0.717, 1.165) is 52.5 Å². The third-order valence-corrected chi connectivity index (χ3v) is 6.68. The molecule has 1 unspecified atom stereocenters. The van der Waals surface area contributed by atoms with Gasteiger partial charge < -0.3 is 20.3 Å². The highest BCUT2D eigenvalue weighted by atomic mass is 35.5. The van der Waals surface area contributed by atoms with Crippen LogP contribution in [0.4, 0.5) is 11.6 Å². The van der Waals surface area contributed by atoms with Crippen molar-refractivity contribution in [3.05, 3.63) is 5.15 Å². The van der Waals surface area contributed by atoms with Gasteiger partial charge in [0.15, 0.2) is 28.0 Å². The van der Waals surface area contributed by atoms with E-state index < -0.39 is 10.8 Å². The van der Waals surface area contributed by atoms with Gasteiger partial charge >= 0.3 is 0 Å². The summed E-state index contributed by atoms with van der Waals surface area (Å²) in [6.07, 6.45) is 5.36. The topological polar surface area (TPSA) is 108 Å². The highest BCUT2D eigenvalue weighted by Gasteiger charge is 2.17. The van der Waals surface area contributed by atoms with Crippen molar-refractivity contribution >= 4 is 45.2 Å². The average molecular weight is 483 g/mol. The molecule has 12 heteroatoms.